The van der Waals surface area contributed by atoms with Crippen LogP contribution in [0, 0.1) is 11.3 Å². The van der Waals surface area contributed by atoms with Crippen LogP contribution in [-0.2, 0) is 10.3 Å². The molecule has 3 heteroatoms. The third kappa shape index (κ3) is 1.82. The summed E-state index contributed by atoms with van der Waals surface area (Å²) in [4.78, 5) is 0. The number of hydrogen-bond donors (Lipinski definition) is 0. The van der Waals surface area contributed by atoms with E-state index in [1.165, 1.54) is 0 Å². The molecule has 0 fully saturated rings. The molecule has 0 saturated carbocycles. The average Bonchev–Trinajstić information content (AvgIpc) is 2.24. The van der Waals surface area contributed by atoms with Crippen LogP contribution in [0.4, 0.5) is 0 Å². The van der Waals surface area contributed by atoms with Crippen LogP contribution in [0.3, 0.4) is 0 Å². The Labute approximate surface area is 92.6 Å². The Kier molecular flexibility index (Phi) is 3.68. The summed E-state index contributed by atoms with van der Waals surface area (Å²) in [5, 5.41) is 9.16. The van der Waals surface area contributed by atoms with E-state index < -0.39 is 5.60 Å². The number of rotatable bonds is 3. The summed E-state index contributed by atoms with van der Waals surface area (Å²) in [6.07, 6.45) is 0.628. The molecule has 0 aromatic heterocycles. The predicted octanol–water partition coefficient (Wildman–Crippen LogP) is 3.22. The summed E-state index contributed by atoms with van der Waals surface area (Å²) in [6, 6.07) is 9.86. The van der Waals surface area contributed by atoms with E-state index in [0.717, 1.165) is 10.0 Å². The monoisotopic (exact) mass is 253 g/mol. The van der Waals surface area contributed by atoms with Crippen molar-refractivity contribution in [1.29, 1.82) is 5.26 Å². The number of nitriles is 1. The number of hydrogen-bond acceptors (Lipinski definition) is 2. The minimum atomic E-state index is -0.833. The van der Waals surface area contributed by atoms with Gasteiger partial charge in [0.15, 0.2) is 5.60 Å². The molecule has 0 aliphatic carbocycles. The van der Waals surface area contributed by atoms with E-state index in [-0.39, 0.29) is 0 Å². The molecule has 1 aromatic rings. The lowest BCUT2D eigenvalue weighted by Gasteiger charge is -2.24. The minimum absolute atomic E-state index is 0.628. The molecule has 0 aliphatic heterocycles. The van der Waals surface area contributed by atoms with E-state index in [0.29, 0.717) is 6.42 Å². The van der Waals surface area contributed by atoms with Gasteiger partial charge < -0.3 is 4.74 Å². The van der Waals surface area contributed by atoms with Crippen LogP contribution in [0.25, 0.3) is 0 Å². The van der Waals surface area contributed by atoms with Crippen LogP contribution in [0.2, 0.25) is 0 Å². The highest BCUT2D eigenvalue weighted by atomic mass is 79.9. The first-order chi connectivity index (χ1) is 6.70. The van der Waals surface area contributed by atoms with E-state index in [1.54, 1.807) is 7.11 Å². The molecule has 0 radical (unpaired) electrons. The first-order valence-electron chi connectivity index (χ1n) is 4.41. The molecular formula is C11H12BrNO. The van der Waals surface area contributed by atoms with E-state index in [2.05, 4.69) is 22.0 Å². The van der Waals surface area contributed by atoms with Gasteiger partial charge >= 0.3 is 0 Å². The first kappa shape index (κ1) is 11.2. The van der Waals surface area contributed by atoms with Crippen molar-refractivity contribution in [3.05, 3.63) is 34.3 Å². The zero-order valence-corrected chi connectivity index (χ0v) is 9.84. The molecule has 1 atom stereocenters. The Morgan fingerprint density at radius 2 is 2.14 bits per heavy atom. The highest BCUT2D eigenvalue weighted by Gasteiger charge is 2.31. The van der Waals surface area contributed by atoms with Crippen LogP contribution >= 0.6 is 15.9 Å². The van der Waals surface area contributed by atoms with E-state index in [9.17, 15) is 0 Å². The van der Waals surface area contributed by atoms with Crippen molar-refractivity contribution in [2.24, 2.45) is 0 Å². The van der Waals surface area contributed by atoms with Crippen LogP contribution in [0.1, 0.15) is 18.9 Å². The molecule has 14 heavy (non-hydrogen) atoms. The standard InChI is InChI=1S/C11H12BrNO/c1-3-11(8-13,14-2)9-6-4-5-7-10(9)12/h4-7H,3H2,1-2H3. The number of nitrogens with zero attached hydrogens (tertiary/aromatic N) is 1. The van der Waals surface area contributed by atoms with E-state index in [4.69, 9.17) is 10.00 Å². The van der Waals surface area contributed by atoms with Crippen molar-refractivity contribution in [2.45, 2.75) is 18.9 Å². The Morgan fingerprint density at radius 1 is 1.50 bits per heavy atom. The quantitative estimate of drug-likeness (QED) is 0.829. The fourth-order valence-corrected chi connectivity index (χ4v) is 2.02. The average molecular weight is 254 g/mol. The molecule has 0 aliphatic rings. The van der Waals surface area contributed by atoms with Gasteiger partial charge in [-0.15, -0.1) is 0 Å². The summed E-state index contributed by atoms with van der Waals surface area (Å²) in [7, 11) is 1.56. The van der Waals surface area contributed by atoms with Gasteiger partial charge in [0.05, 0.1) is 0 Å². The van der Waals surface area contributed by atoms with Gasteiger partial charge in [-0.1, -0.05) is 41.1 Å². The fraction of sp³-hybridized carbons (Fsp3) is 0.364. The number of ether oxygens (including phenoxy) is 1. The number of halogens is 1. The number of benzene rings is 1. The van der Waals surface area contributed by atoms with Crippen LogP contribution < -0.4 is 0 Å². The van der Waals surface area contributed by atoms with Crippen molar-refractivity contribution in [1.82, 2.24) is 0 Å². The molecule has 1 unspecified atom stereocenters. The number of methoxy groups -OCH3 is 1. The highest BCUT2D eigenvalue weighted by molar-refractivity contribution is 9.10. The second kappa shape index (κ2) is 4.59. The van der Waals surface area contributed by atoms with Gasteiger partial charge in [0.2, 0.25) is 0 Å². The molecule has 0 N–H and O–H groups in total. The molecule has 0 amide bonds. The minimum Gasteiger partial charge on any atom is -0.359 e. The third-order valence-electron chi connectivity index (χ3n) is 2.34. The molecule has 1 rings (SSSR count). The zero-order chi connectivity index (χ0) is 10.6. The maximum absolute atomic E-state index is 9.16. The SMILES string of the molecule is CCC(C#N)(OC)c1ccccc1Br. The molecule has 0 saturated heterocycles. The van der Waals surface area contributed by atoms with Gasteiger partial charge in [0.1, 0.15) is 6.07 Å². The molecule has 0 heterocycles. The van der Waals surface area contributed by atoms with Gasteiger partial charge in [0, 0.05) is 17.1 Å². The molecule has 0 bridgehead atoms. The van der Waals surface area contributed by atoms with Crippen molar-refractivity contribution >= 4 is 15.9 Å². The van der Waals surface area contributed by atoms with Crippen molar-refractivity contribution in [3.8, 4) is 6.07 Å². The Bertz CT molecular complexity index is 353. The Hall–Kier alpha value is -0.850. The second-order valence-corrected chi connectivity index (χ2v) is 3.83. The van der Waals surface area contributed by atoms with Crippen LogP contribution in [0.5, 0.6) is 0 Å². The van der Waals surface area contributed by atoms with Crippen molar-refractivity contribution in [2.75, 3.05) is 7.11 Å². The maximum atomic E-state index is 9.16. The van der Waals surface area contributed by atoms with Crippen LogP contribution in [-0.4, -0.2) is 7.11 Å². The summed E-state index contributed by atoms with van der Waals surface area (Å²) < 4.78 is 6.22. The molecule has 74 valence electrons. The van der Waals surface area contributed by atoms with Crippen LogP contribution in [0.15, 0.2) is 28.7 Å². The van der Waals surface area contributed by atoms with Gasteiger partial charge in [-0.2, -0.15) is 5.26 Å². The second-order valence-electron chi connectivity index (χ2n) is 2.98. The van der Waals surface area contributed by atoms with E-state index >= 15 is 0 Å². The lowest BCUT2D eigenvalue weighted by Crippen LogP contribution is -2.25. The Morgan fingerprint density at radius 3 is 2.57 bits per heavy atom. The topological polar surface area (TPSA) is 33.0 Å². The normalized spacial score (nSPS) is 14.4. The lowest BCUT2D eigenvalue weighted by atomic mass is 9.92. The van der Waals surface area contributed by atoms with Crippen molar-refractivity contribution in [3.63, 3.8) is 0 Å². The summed E-state index contributed by atoms with van der Waals surface area (Å²) in [5.74, 6) is 0. The lowest BCUT2D eigenvalue weighted by molar-refractivity contribution is 0.0322. The van der Waals surface area contributed by atoms with Gasteiger partial charge in [-0.25, -0.2) is 0 Å². The summed E-state index contributed by atoms with van der Waals surface area (Å²) >= 11 is 3.42. The summed E-state index contributed by atoms with van der Waals surface area (Å²) in [6.45, 7) is 1.94. The summed E-state index contributed by atoms with van der Waals surface area (Å²) in [5.41, 5.74) is 0.0487. The van der Waals surface area contributed by atoms with Gasteiger partial charge in [-0.05, 0) is 12.5 Å². The maximum Gasteiger partial charge on any atom is 0.179 e. The highest BCUT2D eigenvalue weighted by Crippen LogP contribution is 2.33. The largest absolute Gasteiger partial charge is 0.359 e. The van der Waals surface area contributed by atoms with Gasteiger partial charge in [-0.3, -0.25) is 0 Å². The zero-order valence-electron chi connectivity index (χ0n) is 8.25. The van der Waals surface area contributed by atoms with Gasteiger partial charge in [0.25, 0.3) is 0 Å². The molecular weight excluding hydrogens is 242 g/mol. The third-order valence-corrected chi connectivity index (χ3v) is 3.03. The van der Waals surface area contributed by atoms with E-state index in [1.807, 2.05) is 31.2 Å². The molecule has 2 nitrogen and oxygen atoms in total. The first-order valence-corrected chi connectivity index (χ1v) is 5.21. The molecule has 1 aromatic carbocycles. The van der Waals surface area contributed by atoms with Crippen molar-refractivity contribution < 1.29 is 4.74 Å². The predicted molar refractivity (Wildman–Crippen MR) is 58.7 cm³/mol. The smallest absolute Gasteiger partial charge is 0.179 e. The Balaban J connectivity index is 3.26. The fourth-order valence-electron chi connectivity index (χ4n) is 1.42. The molecule has 0 spiro atoms.